The Bertz CT molecular complexity index is 443. The number of carbonyl (C=O) groups excluding carboxylic acids is 1. The van der Waals surface area contributed by atoms with Crippen molar-refractivity contribution in [1.82, 2.24) is 4.90 Å². The van der Waals surface area contributed by atoms with Crippen molar-refractivity contribution < 1.29 is 14.7 Å². The van der Waals surface area contributed by atoms with Crippen molar-refractivity contribution in [3.63, 3.8) is 0 Å². The number of methoxy groups -OCH3 is 1. The number of ether oxygens (including phenoxy) is 1. The largest absolute Gasteiger partial charge is 0.409 e. The average molecular weight is 265 g/mol. The number of hydrogen-bond donors (Lipinski definition) is 2. The van der Waals surface area contributed by atoms with E-state index in [9.17, 15) is 4.79 Å². The highest BCUT2D eigenvalue weighted by Crippen LogP contribution is 2.08. The minimum atomic E-state index is -0.0643. The van der Waals surface area contributed by atoms with E-state index in [0.717, 1.165) is 0 Å². The summed E-state index contributed by atoms with van der Waals surface area (Å²) >= 11 is 0. The molecule has 0 heterocycles. The summed E-state index contributed by atoms with van der Waals surface area (Å²) in [7, 11) is 1.60. The average Bonchev–Trinajstić information content (AvgIpc) is 2.47. The maximum atomic E-state index is 12.2. The van der Waals surface area contributed by atoms with Crippen LogP contribution in [0.15, 0.2) is 29.4 Å². The summed E-state index contributed by atoms with van der Waals surface area (Å²) in [5.74, 6) is -0.0451. The normalized spacial score (nSPS) is 11.4. The maximum absolute atomic E-state index is 12.2. The molecular weight excluding hydrogens is 246 g/mol. The molecule has 0 saturated carbocycles. The first-order valence-corrected chi connectivity index (χ1v) is 6.00. The number of rotatable bonds is 6. The molecule has 0 aromatic heterocycles. The van der Waals surface area contributed by atoms with Crippen LogP contribution < -0.4 is 5.73 Å². The smallest absolute Gasteiger partial charge is 0.253 e. The molecule has 6 heteroatoms. The summed E-state index contributed by atoms with van der Waals surface area (Å²) < 4.78 is 4.97. The van der Waals surface area contributed by atoms with E-state index >= 15 is 0 Å². The molecule has 0 fully saturated rings. The lowest BCUT2D eigenvalue weighted by atomic mass is 10.1. The second kappa shape index (κ2) is 7.38. The number of amidine groups is 1. The van der Waals surface area contributed by atoms with Gasteiger partial charge in [0.25, 0.3) is 5.91 Å². The zero-order valence-electron chi connectivity index (χ0n) is 11.2. The van der Waals surface area contributed by atoms with E-state index in [-0.39, 0.29) is 11.7 Å². The zero-order chi connectivity index (χ0) is 14.3. The van der Waals surface area contributed by atoms with E-state index in [1.165, 1.54) is 0 Å². The van der Waals surface area contributed by atoms with Crippen molar-refractivity contribution in [3.05, 3.63) is 35.4 Å². The van der Waals surface area contributed by atoms with Gasteiger partial charge in [0.1, 0.15) is 0 Å². The molecule has 1 aromatic rings. The third kappa shape index (κ3) is 3.96. The van der Waals surface area contributed by atoms with Crippen LogP contribution in [0.3, 0.4) is 0 Å². The Morgan fingerprint density at radius 1 is 1.37 bits per heavy atom. The minimum Gasteiger partial charge on any atom is -0.409 e. The van der Waals surface area contributed by atoms with Gasteiger partial charge in [0.05, 0.1) is 6.61 Å². The molecule has 3 N–H and O–H groups in total. The van der Waals surface area contributed by atoms with Gasteiger partial charge in [-0.05, 0) is 19.1 Å². The van der Waals surface area contributed by atoms with Crippen molar-refractivity contribution in [2.45, 2.75) is 6.92 Å². The van der Waals surface area contributed by atoms with E-state index < -0.39 is 0 Å². The molecule has 0 bridgehead atoms. The molecule has 104 valence electrons. The number of amides is 1. The van der Waals surface area contributed by atoms with E-state index in [2.05, 4.69) is 5.16 Å². The fourth-order valence-electron chi connectivity index (χ4n) is 1.63. The monoisotopic (exact) mass is 265 g/mol. The van der Waals surface area contributed by atoms with Gasteiger partial charge >= 0.3 is 0 Å². The van der Waals surface area contributed by atoms with Crippen molar-refractivity contribution in [2.24, 2.45) is 10.9 Å². The van der Waals surface area contributed by atoms with Crippen LogP contribution in [-0.4, -0.2) is 48.7 Å². The fraction of sp³-hybridized carbons (Fsp3) is 0.385. The zero-order valence-corrected chi connectivity index (χ0v) is 11.2. The molecular formula is C13H19N3O3. The predicted octanol–water partition coefficient (Wildman–Crippen LogP) is 0.890. The van der Waals surface area contributed by atoms with Crippen LogP contribution in [0, 0.1) is 0 Å². The van der Waals surface area contributed by atoms with Crippen LogP contribution in [0.5, 0.6) is 0 Å². The van der Waals surface area contributed by atoms with Crippen molar-refractivity contribution in [2.75, 3.05) is 26.8 Å². The highest BCUT2D eigenvalue weighted by Gasteiger charge is 2.13. The van der Waals surface area contributed by atoms with Crippen LogP contribution in [0.25, 0.3) is 0 Å². The van der Waals surface area contributed by atoms with Gasteiger partial charge in [0.2, 0.25) is 0 Å². The first-order valence-electron chi connectivity index (χ1n) is 6.00. The van der Waals surface area contributed by atoms with Gasteiger partial charge in [0, 0.05) is 31.3 Å². The van der Waals surface area contributed by atoms with Crippen LogP contribution >= 0.6 is 0 Å². The van der Waals surface area contributed by atoms with Gasteiger partial charge < -0.3 is 20.6 Å². The van der Waals surface area contributed by atoms with E-state index in [0.29, 0.717) is 30.8 Å². The highest BCUT2D eigenvalue weighted by atomic mass is 16.5. The number of carbonyl (C=O) groups is 1. The molecule has 0 spiro atoms. The Hall–Kier alpha value is -2.08. The third-order valence-corrected chi connectivity index (χ3v) is 2.77. The van der Waals surface area contributed by atoms with Gasteiger partial charge in [-0.1, -0.05) is 17.3 Å². The number of likely N-dealkylation sites (N-methyl/N-ethyl adjacent to an activating group) is 1. The standard InChI is InChI=1S/C13H19N3O3/c1-3-16(8-9-19-2)13(17)11-6-4-10(5-7-11)12(14)15-18/h4-7,18H,3,8-9H2,1-2H3,(H2,14,15). The molecule has 0 atom stereocenters. The summed E-state index contributed by atoms with van der Waals surface area (Å²) in [5.41, 5.74) is 6.59. The fourth-order valence-corrected chi connectivity index (χ4v) is 1.63. The molecule has 1 amide bonds. The van der Waals surface area contributed by atoms with Crippen LogP contribution in [0.4, 0.5) is 0 Å². The molecule has 0 aliphatic carbocycles. The van der Waals surface area contributed by atoms with Crippen molar-refractivity contribution >= 4 is 11.7 Å². The first-order chi connectivity index (χ1) is 9.13. The lowest BCUT2D eigenvalue weighted by Gasteiger charge is -2.20. The maximum Gasteiger partial charge on any atom is 0.253 e. The predicted molar refractivity (Wildman–Crippen MR) is 72.4 cm³/mol. The number of hydrogen-bond acceptors (Lipinski definition) is 4. The first kappa shape index (κ1) is 15.0. The van der Waals surface area contributed by atoms with Gasteiger partial charge in [-0.25, -0.2) is 0 Å². The number of nitrogens with zero attached hydrogens (tertiary/aromatic N) is 2. The quantitative estimate of drug-likeness (QED) is 0.346. The third-order valence-electron chi connectivity index (χ3n) is 2.77. The molecule has 6 nitrogen and oxygen atoms in total. The molecule has 0 saturated heterocycles. The molecule has 1 rings (SSSR count). The van der Waals surface area contributed by atoms with Gasteiger partial charge in [-0.3, -0.25) is 4.79 Å². The second-order valence-electron chi connectivity index (χ2n) is 3.94. The number of benzene rings is 1. The van der Waals surface area contributed by atoms with Gasteiger partial charge in [-0.2, -0.15) is 0 Å². The van der Waals surface area contributed by atoms with Crippen LogP contribution in [0.1, 0.15) is 22.8 Å². The summed E-state index contributed by atoms with van der Waals surface area (Å²) in [6, 6.07) is 6.61. The van der Waals surface area contributed by atoms with Crippen LogP contribution in [0.2, 0.25) is 0 Å². The lowest BCUT2D eigenvalue weighted by Crippen LogP contribution is -2.33. The summed E-state index contributed by atoms with van der Waals surface area (Å²) in [4.78, 5) is 13.9. The number of oxime groups is 1. The summed E-state index contributed by atoms with van der Waals surface area (Å²) in [5, 5.41) is 11.5. The SMILES string of the molecule is CCN(CCOC)C(=O)c1ccc(C(N)=NO)cc1. The number of nitrogens with two attached hydrogens (primary N) is 1. The molecule has 1 aromatic carbocycles. The summed E-state index contributed by atoms with van der Waals surface area (Å²) in [6.07, 6.45) is 0. The lowest BCUT2D eigenvalue weighted by molar-refractivity contribution is 0.0706. The molecule has 0 unspecified atom stereocenters. The Morgan fingerprint density at radius 2 is 1.95 bits per heavy atom. The molecule has 0 aliphatic heterocycles. The Kier molecular flexibility index (Phi) is 5.81. The molecule has 19 heavy (non-hydrogen) atoms. The van der Waals surface area contributed by atoms with Crippen molar-refractivity contribution in [1.29, 1.82) is 0 Å². The molecule has 0 radical (unpaired) electrons. The van der Waals surface area contributed by atoms with E-state index in [1.807, 2.05) is 6.92 Å². The topological polar surface area (TPSA) is 88.2 Å². The second-order valence-corrected chi connectivity index (χ2v) is 3.94. The van der Waals surface area contributed by atoms with Gasteiger partial charge in [-0.15, -0.1) is 0 Å². The molecule has 0 aliphatic rings. The summed E-state index contributed by atoms with van der Waals surface area (Å²) in [6.45, 7) is 3.58. The van der Waals surface area contributed by atoms with Crippen molar-refractivity contribution in [3.8, 4) is 0 Å². The Morgan fingerprint density at radius 3 is 2.42 bits per heavy atom. The Balaban J connectivity index is 2.81. The Labute approximate surface area is 112 Å². The van der Waals surface area contributed by atoms with Crippen LogP contribution in [-0.2, 0) is 4.74 Å². The highest BCUT2D eigenvalue weighted by molar-refractivity contribution is 5.99. The van der Waals surface area contributed by atoms with E-state index in [4.69, 9.17) is 15.7 Å². The van der Waals surface area contributed by atoms with E-state index in [1.54, 1.807) is 36.3 Å². The van der Waals surface area contributed by atoms with Gasteiger partial charge in [0.15, 0.2) is 5.84 Å². The minimum absolute atomic E-state index is 0.0192.